The number of aromatic nitrogens is 2. The number of imidazole rings is 1. The number of nitrogens with zero attached hydrogens (tertiary/aromatic N) is 3. The molecule has 0 spiro atoms. The molecule has 0 bridgehead atoms. The number of para-hydroxylation sites is 2. The Balaban J connectivity index is 1.16. The Bertz CT molecular complexity index is 1330. The minimum absolute atomic E-state index is 0.215. The van der Waals surface area contributed by atoms with E-state index in [-0.39, 0.29) is 5.82 Å². The molecule has 0 unspecified atom stereocenters. The van der Waals surface area contributed by atoms with Gasteiger partial charge in [-0.05, 0) is 79.0 Å². The Morgan fingerprint density at radius 3 is 2.41 bits per heavy atom. The molecule has 3 N–H and O–H groups in total. The van der Waals surface area contributed by atoms with Crippen LogP contribution >= 0.6 is 12.2 Å². The summed E-state index contributed by atoms with van der Waals surface area (Å²) in [7, 11) is 1.81. The second-order valence-electron chi connectivity index (χ2n) is 9.55. The summed E-state index contributed by atoms with van der Waals surface area (Å²) in [6, 6.07) is 23.8. The van der Waals surface area contributed by atoms with E-state index in [1.54, 1.807) is 0 Å². The highest BCUT2D eigenvalue weighted by atomic mass is 32.1. The average molecular weight is 517 g/mol. The Morgan fingerprint density at radius 1 is 0.973 bits per heavy atom. The number of benzene rings is 3. The van der Waals surface area contributed by atoms with Gasteiger partial charge in [-0.15, -0.1) is 0 Å². The second kappa shape index (κ2) is 11.7. The van der Waals surface area contributed by atoms with E-state index in [2.05, 4.69) is 55.7 Å². The Kier molecular flexibility index (Phi) is 7.96. The number of nitrogens with one attached hydrogen (secondary N) is 3. The number of fused-ring (bicyclic) bond motifs is 1. The largest absolute Gasteiger partial charge is 0.366 e. The Hall–Kier alpha value is -3.49. The first-order valence-electron chi connectivity index (χ1n) is 12.8. The maximum Gasteiger partial charge on any atom is 0.204 e. The fraction of sp³-hybridized carbons (Fsp3) is 0.310. The van der Waals surface area contributed by atoms with Crippen molar-refractivity contribution in [3.05, 3.63) is 89.7 Å². The molecule has 1 aromatic heterocycles. The van der Waals surface area contributed by atoms with Gasteiger partial charge < -0.3 is 25.4 Å². The van der Waals surface area contributed by atoms with Crippen LogP contribution in [-0.2, 0) is 13.0 Å². The summed E-state index contributed by atoms with van der Waals surface area (Å²) in [4.78, 5) is 7.44. The monoisotopic (exact) mass is 516 g/mol. The molecule has 37 heavy (non-hydrogen) atoms. The average Bonchev–Trinajstić information content (AvgIpc) is 3.27. The first-order chi connectivity index (χ1) is 18.1. The van der Waals surface area contributed by atoms with Crippen LogP contribution in [0.3, 0.4) is 0 Å². The van der Waals surface area contributed by atoms with Gasteiger partial charge >= 0.3 is 0 Å². The molecular formula is C29H33FN6S. The third kappa shape index (κ3) is 6.45. The van der Waals surface area contributed by atoms with Crippen LogP contribution in [0.2, 0.25) is 0 Å². The molecule has 1 aliphatic rings. The maximum absolute atomic E-state index is 13.4. The lowest BCUT2D eigenvalue weighted by Gasteiger charge is -2.32. The summed E-state index contributed by atoms with van der Waals surface area (Å²) >= 11 is 5.16. The lowest BCUT2D eigenvalue weighted by molar-refractivity contribution is 0.221. The molecule has 1 fully saturated rings. The zero-order valence-corrected chi connectivity index (χ0v) is 21.9. The van der Waals surface area contributed by atoms with Crippen LogP contribution in [-0.4, -0.2) is 52.3 Å². The predicted molar refractivity (Wildman–Crippen MR) is 154 cm³/mol. The van der Waals surface area contributed by atoms with E-state index in [1.807, 2.05) is 37.4 Å². The predicted octanol–water partition coefficient (Wildman–Crippen LogP) is 5.26. The highest BCUT2D eigenvalue weighted by Crippen LogP contribution is 2.24. The SMILES string of the molecule is CNC(=S)Nc1ccc(CCN2CCC(Nc3nc4ccccc4n3Cc3ccc(F)cc3)CC2)cc1. The van der Waals surface area contributed by atoms with Gasteiger partial charge in [0.05, 0.1) is 17.6 Å². The molecule has 1 saturated heterocycles. The summed E-state index contributed by atoms with van der Waals surface area (Å²) in [5.74, 6) is 0.669. The molecule has 3 aromatic carbocycles. The molecule has 0 amide bonds. The molecule has 1 aliphatic heterocycles. The summed E-state index contributed by atoms with van der Waals surface area (Å²) in [5.41, 5.74) is 5.44. The van der Waals surface area contributed by atoms with Gasteiger partial charge in [0, 0.05) is 38.4 Å². The molecule has 5 rings (SSSR count). The lowest BCUT2D eigenvalue weighted by atomic mass is 10.0. The van der Waals surface area contributed by atoms with Gasteiger partial charge in [0.2, 0.25) is 5.95 Å². The third-order valence-corrected chi connectivity index (χ3v) is 7.29. The topological polar surface area (TPSA) is 57.1 Å². The molecule has 8 heteroatoms. The fourth-order valence-corrected chi connectivity index (χ4v) is 4.96. The van der Waals surface area contributed by atoms with Crippen LogP contribution in [0.15, 0.2) is 72.8 Å². The second-order valence-corrected chi connectivity index (χ2v) is 9.96. The van der Waals surface area contributed by atoms with Crippen molar-refractivity contribution in [2.45, 2.75) is 31.8 Å². The summed E-state index contributed by atoms with van der Waals surface area (Å²) in [6.45, 7) is 3.83. The van der Waals surface area contributed by atoms with Crippen molar-refractivity contribution in [1.29, 1.82) is 0 Å². The van der Waals surface area contributed by atoms with Crippen molar-refractivity contribution in [1.82, 2.24) is 19.8 Å². The standard InChI is InChI=1S/C29H33FN6S/c1-31-29(37)33-24-12-8-21(9-13-24)14-17-35-18-15-25(16-19-35)32-28-34-26-4-2-3-5-27(26)36(28)20-22-6-10-23(30)11-7-22/h2-13,25H,14-20H2,1H3,(H,32,34)(H2,31,33,37). The van der Waals surface area contributed by atoms with E-state index in [0.717, 1.165) is 67.1 Å². The lowest BCUT2D eigenvalue weighted by Crippen LogP contribution is -2.40. The van der Waals surface area contributed by atoms with Crippen molar-refractivity contribution < 1.29 is 4.39 Å². The minimum Gasteiger partial charge on any atom is -0.366 e. The van der Waals surface area contributed by atoms with Crippen molar-refractivity contribution in [2.24, 2.45) is 0 Å². The summed E-state index contributed by atoms with van der Waals surface area (Å²) < 4.78 is 15.6. The van der Waals surface area contributed by atoms with E-state index >= 15 is 0 Å². The van der Waals surface area contributed by atoms with Crippen molar-refractivity contribution in [3.8, 4) is 0 Å². The number of rotatable bonds is 8. The first-order valence-corrected chi connectivity index (χ1v) is 13.2. The molecule has 0 radical (unpaired) electrons. The van der Waals surface area contributed by atoms with Crippen LogP contribution in [0.4, 0.5) is 16.0 Å². The Labute approximate surface area is 222 Å². The quantitative estimate of drug-likeness (QED) is 0.278. The fourth-order valence-electron chi connectivity index (χ4n) is 4.84. The van der Waals surface area contributed by atoms with Crippen molar-refractivity contribution >= 4 is 40.0 Å². The smallest absolute Gasteiger partial charge is 0.204 e. The van der Waals surface area contributed by atoms with Crippen LogP contribution in [0.1, 0.15) is 24.0 Å². The third-order valence-electron chi connectivity index (χ3n) is 6.98. The van der Waals surface area contributed by atoms with E-state index in [4.69, 9.17) is 17.2 Å². The number of likely N-dealkylation sites (tertiary alicyclic amines) is 1. The molecule has 0 atom stereocenters. The van der Waals surface area contributed by atoms with Crippen molar-refractivity contribution in [2.75, 3.05) is 37.3 Å². The highest BCUT2D eigenvalue weighted by Gasteiger charge is 2.21. The van der Waals surface area contributed by atoms with Crippen LogP contribution in [0.5, 0.6) is 0 Å². The van der Waals surface area contributed by atoms with Gasteiger partial charge in [0.25, 0.3) is 0 Å². The number of thiocarbonyl (C=S) groups is 1. The number of piperidine rings is 1. The maximum atomic E-state index is 13.4. The zero-order valence-electron chi connectivity index (χ0n) is 21.1. The molecular weight excluding hydrogens is 483 g/mol. The van der Waals surface area contributed by atoms with Crippen LogP contribution < -0.4 is 16.0 Å². The number of hydrogen-bond donors (Lipinski definition) is 3. The first kappa shape index (κ1) is 25.2. The van der Waals surface area contributed by atoms with E-state index < -0.39 is 0 Å². The number of halogens is 1. The van der Waals surface area contributed by atoms with E-state index in [9.17, 15) is 4.39 Å². The van der Waals surface area contributed by atoms with Crippen molar-refractivity contribution in [3.63, 3.8) is 0 Å². The van der Waals surface area contributed by atoms with E-state index in [1.165, 1.54) is 17.7 Å². The van der Waals surface area contributed by atoms with Gasteiger partial charge in [-0.1, -0.05) is 36.4 Å². The normalized spacial score (nSPS) is 14.5. The summed E-state index contributed by atoms with van der Waals surface area (Å²) in [6.07, 6.45) is 3.18. The van der Waals surface area contributed by atoms with Crippen LogP contribution in [0, 0.1) is 5.82 Å². The van der Waals surface area contributed by atoms with Gasteiger partial charge in [-0.25, -0.2) is 9.37 Å². The molecule has 4 aromatic rings. The number of hydrogen-bond acceptors (Lipinski definition) is 4. The Morgan fingerprint density at radius 2 is 1.68 bits per heavy atom. The molecule has 6 nitrogen and oxygen atoms in total. The minimum atomic E-state index is -0.215. The highest BCUT2D eigenvalue weighted by molar-refractivity contribution is 7.80. The summed E-state index contributed by atoms with van der Waals surface area (Å²) in [5, 5.41) is 10.4. The van der Waals surface area contributed by atoms with Crippen LogP contribution in [0.25, 0.3) is 11.0 Å². The zero-order chi connectivity index (χ0) is 25.6. The van der Waals surface area contributed by atoms with Gasteiger partial charge in [-0.3, -0.25) is 0 Å². The van der Waals surface area contributed by atoms with E-state index in [0.29, 0.717) is 17.7 Å². The molecule has 0 aliphatic carbocycles. The molecule has 2 heterocycles. The van der Waals surface area contributed by atoms with Gasteiger partial charge in [0.1, 0.15) is 5.82 Å². The number of anilines is 2. The van der Waals surface area contributed by atoms with Gasteiger partial charge in [-0.2, -0.15) is 0 Å². The van der Waals surface area contributed by atoms with Gasteiger partial charge in [0.15, 0.2) is 5.11 Å². The molecule has 0 saturated carbocycles. The molecule has 192 valence electrons.